The smallest absolute Gasteiger partial charge is 0.335 e. The van der Waals surface area contributed by atoms with Crippen molar-refractivity contribution in [2.75, 3.05) is 24.8 Å². The normalized spacial score (nSPS) is 10.7. The van der Waals surface area contributed by atoms with Gasteiger partial charge in [0.1, 0.15) is 11.3 Å². The molecule has 1 aromatic heterocycles. The number of aryl methyl sites for hydroxylation is 1. The molecule has 190 valence electrons. The van der Waals surface area contributed by atoms with E-state index in [0.717, 1.165) is 5.56 Å². The van der Waals surface area contributed by atoms with E-state index in [1.807, 2.05) is 31.2 Å². The van der Waals surface area contributed by atoms with Crippen LogP contribution >= 0.6 is 0 Å². The van der Waals surface area contributed by atoms with Crippen molar-refractivity contribution >= 4 is 40.4 Å². The van der Waals surface area contributed by atoms with Gasteiger partial charge in [-0.25, -0.2) is 14.6 Å². The van der Waals surface area contributed by atoms with Gasteiger partial charge in [-0.2, -0.15) is 0 Å². The molecule has 4 rings (SSSR count). The Kier molecular flexibility index (Phi) is 7.38. The maximum absolute atomic E-state index is 12.8. The van der Waals surface area contributed by atoms with Crippen LogP contribution in [0.4, 0.5) is 16.2 Å². The average Bonchev–Trinajstić information content (AvgIpc) is 3.27. The highest BCUT2D eigenvalue weighted by Gasteiger charge is 2.17. The number of rotatable bonds is 8. The molecule has 0 atom stereocenters. The van der Waals surface area contributed by atoms with Crippen molar-refractivity contribution in [3.63, 3.8) is 0 Å². The number of carboxylic acids is 1. The molecular weight excluding hydrogens is 476 g/mol. The first-order chi connectivity index (χ1) is 17.7. The zero-order valence-electron chi connectivity index (χ0n) is 20.6. The minimum atomic E-state index is -1.06. The van der Waals surface area contributed by atoms with Gasteiger partial charge in [0.2, 0.25) is 11.8 Å². The van der Waals surface area contributed by atoms with Gasteiger partial charge in [-0.1, -0.05) is 24.3 Å². The molecule has 0 radical (unpaired) electrons. The van der Waals surface area contributed by atoms with Gasteiger partial charge in [0.15, 0.2) is 5.58 Å². The van der Waals surface area contributed by atoms with Gasteiger partial charge in [0, 0.05) is 12.7 Å². The lowest BCUT2D eigenvalue weighted by molar-refractivity contribution is -0.130. The van der Waals surface area contributed by atoms with E-state index in [4.69, 9.17) is 14.3 Å². The lowest BCUT2D eigenvalue weighted by atomic mass is 10.1. The van der Waals surface area contributed by atoms with E-state index in [1.54, 1.807) is 31.3 Å². The molecule has 10 nitrogen and oxygen atoms in total. The Bertz CT molecular complexity index is 1480. The number of para-hydroxylation sites is 1. The minimum absolute atomic E-state index is 0.0892. The number of ether oxygens (including phenoxy) is 1. The van der Waals surface area contributed by atoms with E-state index in [9.17, 15) is 14.4 Å². The van der Waals surface area contributed by atoms with Crippen LogP contribution in [0.3, 0.4) is 0 Å². The Morgan fingerprint density at radius 3 is 2.51 bits per heavy atom. The first-order valence-electron chi connectivity index (χ1n) is 11.4. The highest BCUT2D eigenvalue weighted by Crippen LogP contribution is 2.27. The number of fused-ring (bicyclic) bond motifs is 1. The van der Waals surface area contributed by atoms with Crippen LogP contribution in [0.15, 0.2) is 65.1 Å². The van der Waals surface area contributed by atoms with E-state index in [0.29, 0.717) is 39.7 Å². The Labute approximate surface area is 212 Å². The zero-order chi connectivity index (χ0) is 26.5. The second kappa shape index (κ2) is 10.8. The number of carboxylic acid groups (broad SMARTS) is 1. The average molecular weight is 503 g/mol. The molecule has 0 saturated carbocycles. The van der Waals surface area contributed by atoms with Crippen molar-refractivity contribution in [1.29, 1.82) is 0 Å². The summed E-state index contributed by atoms with van der Waals surface area (Å²) in [6, 6.07) is 16.6. The minimum Gasteiger partial charge on any atom is -0.495 e. The molecule has 0 aliphatic rings. The van der Waals surface area contributed by atoms with Crippen molar-refractivity contribution in [2.45, 2.75) is 19.9 Å². The number of hydrogen-bond donors (Lipinski definition) is 3. The molecule has 3 amide bonds. The SMILES string of the molecule is COc1cc(CC(=O)N(C)Cc2nc3ccc(C(=O)O)cc3o2)ccc1NC(=O)Nc1ccccc1C. The van der Waals surface area contributed by atoms with Crippen molar-refractivity contribution < 1.29 is 28.6 Å². The summed E-state index contributed by atoms with van der Waals surface area (Å²) in [4.78, 5) is 42.2. The summed E-state index contributed by atoms with van der Waals surface area (Å²) in [5.41, 5.74) is 3.75. The molecular formula is C27H26N4O6. The van der Waals surface area contributed by atoms with Crippen molar-refractivity contribution in [2.24, 2.45) is 0 Å². The lowest BCUT2D eigenvalue weighted by Gasteiger charge is -2.16. The van der Waals surface area contributed by atoms with Gasteiger partial charge in [-0.05, 0) is 54.4 Å². The lowest BCUT2D eigenvalue weighted by Crippen LogP contribution is -2.27. The number of nitrogens with one attached hydrogen (secondary N) is 2. The Morgan fingerprint density at radius 1 is 1.03 bits per heavy atom. The van der Waals surface area contributed by atoms with E-state index in [2.05, 4.69) is 15.6 Å². The largest absolute Gasteiger partial charge is 0.495 e. The molecule has 0 aliphatic heterocycles. The quantitative estimate of drug-likeness (QED) is 0.318. The molecule has 4 aromatic rings. The number of aromatic carboxylic acids is 1. The summed E-state index contributed by atoms with van der Waals surface area (Å²) in [5.74, 6) is -0.532. The van der Waals surface area contributed by atoms with Crippen LogP contribution in [-0.4, -0.2) is 47.1 Å². The van der Waals surface area contributed by atoms with Crippen molar-refractivity contribution in [1.82, 2.24) is 9.88 Å². The van der Waals surface area contributed by atoms with Crippen LogP contribution in [0.5, 0.6) is 5.75 Å². The van der Waals surface area contributed by atoms with E-state index >= 15 is 0 Å². The number of hydrogen-bond acceptors (Lipinski definition) is 6. The Morgan fingerprint density at radius 2 is 1.78 bits per heavy atom. The predicted octanol–water partition coefficient (Wildman–Crippen LogP) is 4.69. The monoisotopic (exact) mass is 502 g/mol. The maximum atomic E-state index is 12.8. The number of nitrogens with zero attached hydrogens (tertiary/aromatic N) is 2. The van der Waals surface area contributed by atoms with Crippen LogP contribution in [0, 0.1) is 6.92 Å². The molecule has 0 unspecified atom stereocenters. The molecule has 37 heavy (non-hydrogen) atoms. The van der Waals surface area contributed by atoms with E-state index in [-0.39, 0.29) is 24.4 Å². The molecule has 0 saturated heterocycles. The van der Waals surface area contributed by atoms with Gasteiger partial charge in [0.05, 0.1) is 31.3 Å². The standard InChI is InChI=1S/C27H26N4O6/c1-16-6-4-5-7-19(16)29-27(35)30-20-10-8-17(12-22(20)36-3)13-25(32)31(2)15-24-28-21-11-9-18(26(33)34)14-23(21)37-24/h4-12,14H,13,15H2,1-3H3,(H,33,34)(H2,29,30,35). The number of amides is 3. The Hall–Kier alpha value is -4.86. The summed E-state index contributed by atoms with van der Waals surface area (Å²) in [5, 5.41) is 14.7. The van der Waals surface area contributed by atoms with Gasteiger partial charge in [-0.3, -0.25) is 4.79 Å². The second-order valence-electron chi connectivity index (χ2n) is 8.45. The van der Waals surface area contributed by atoms with E-state index < -0.39 is 12.0 Å². The zero-order valence-corrected chi connectivity index (χ0v) is 20.6. The highest BCUT2D eigenvalue weighted by atomic mass is 16.5. The molecule has 3 aromatic carbocycles. The third kappa shape index (κ3) is 6.04. The first kappa shape index (κ1) is 25.2. The fourth-order valence-corrected chi connectivity index (χ4v) is 3.71. The number of urea groups is 1. The molecule has 0 fully saturated rings. The van der Waals surface area contributed by atoms with Crippen LogP contribution in [0.1, 0.15) is 27.4 Å². The van der Waals surface area contributed by atoms with E-state index in [1.165, 1.54) is 24.1 Å². The number of methoxy groups -OCH3 is 1. The number of benzene rings is 3. The van der Waals surface area contributed by atoms with Gasteiger partial charge in [-0.15, -0.1) is 0 Å². The number of oxazole rings is 1. The van der Waals surface area contributed by atoms with Crippen LogP contribution < -0.4 is 15.4 Å². The van der Waals surface area contributed by atoms with Crippen LogP contribution in [-0.2, 0) is 17.8 Å². The molecule has 10 heteroatoms. The summed E-state index contributed by atoms with van der Waals surface area (Å²) >= 11 is 0. The molecule has 0 aliphatic carbocycles. The topological polar surface area (TPSA) is 134 Å². The summed E-state index contributed by atoms with van der Waals surface area (Å²) in [6.07, 6.45) is 0.0892. The molecule has 1 heterocycles. The van der Waals surface area contributed by atoms with Crippen molar-refractivity contribution in [3.8, 4) is 5.75 Å². The fraction of sp³-hybridized carbons (Fsp3) is 0.185. The number of carbonyl (C=O) groups is 3. The first-order valence-corrected chi connectivity index (χ1v) is 11.4. The second-order valence-corrected chi connectivity index (χ2v) is 8.45. The highest BCUT2D eigenvalue weighted by molar-refractivity contribution is 6.01. The fourth-order valence-electron chi connectivity index (χ4n) is 3.71. The molecule has 3 N–H and O–H groups in total. The molecule has 0 spiro atoms. The maximum Gasteiger partial charge on any atom is 0.335 e. The summed E-state index contributed by atoms with van der Waals surface area (Å²) in [7, 11) is 3.11. The van der Waals surface area contributed by atoms with Gasteiger partial charge in [0.25, 0.3) is 0 Å². The van der Waals surface area contributed by atoms with Gasteiger partial charge >= 0.3 is 12.0 Å². The summed E-state index contributed by atoms with van der Waals surface area (Å²) < 4.78 is 11.1. The number of carbonyl (C=O) groups excluding carboxylic acids is 2. The predicted molar refractivity (Wildman–Crippen MR) is 138 cm³/mol. The summed E-state index contributed by atoms with van der Waals surface area (Å²) in [6.45, 7) is 2.02. The number of anilines is 2. The number of aromatic nitrogens is 1. The van der Waals surface area contributed by atoms with Crippen LogP contribution in [0.2, 0.25) is 0 Å². The van der Waals surface area contributed by atoms with Gasteiger partial charge < -0.3 is 29.8 Å². The van der Waals surface area contributed by atoms with Crippen molar-refractivity contribution in [3.05, 3.63) is 83.2 Å². The third-order valence-electron chi connectivity index (χ3n) is 5.74. The Balaban J connectivity index is 1.39. The third-order valence-corrected chi connectivity index (χ3v) is 5.74. The van der Waals surface area contributed by atoms with Crippen LogP contribution in [0.25, 0.3) is 11.1 Å². The molecule has 0 bridgehead atoms. The number of likely N-dealkylation sites (N-methyl/N-ethyl adjacent to an activating group) is 1.